The molecule has 0 spiro atoms. The van der Waals surface area contributed by atoms with Gasteiger partial charge in [-0.1, -0.05) is 13.3 Å². The second kappa shape index (κ2) is 6.37. The molecular weight excluding hydrogens is 212 g/mol. The van der Waals surface area contributed by atoms with Crippen LogP contribution in [0.15, 0.2) is 0 Å². The molecule has 0 saturated carbocycles. The van der Waals surface area contributed by atoms with E-state index in [-0.39, 0.29) is 12.0 Å². The summed E-state index contributed by atoms with van der Waals surface area (Å²) in [5, 5.41) is 18.3. The molecular formula is C14H26N2O. The fourth-order valence-corrected chi connectivity index (χ4v) is 2.60. The summed E-state index contributed by atoms with van der Waals surface area (Å²) in [4.78, 5) is 2.41. The zero-order valence-electron chi connectivity index (χ0n) is 11.4. The van der Waals surface area contributed by atoms with Crippen LogP contribution in [0.5, 0.6) is 0 Å². The van der Waals surface area contributed by atoms with E-state index < -0.39 is 0 Å². The molecule has 0 amide bonds. The summed E-state index contributed by atoms with van der Waals surface area (Å²) < 4.78 is 0. The zero-order valence-corrected chi connectivity index (χ0v) is 11.4. The van der Waals surface area contributed by atoms with E-state index in [9.17, 15) is 5.11 Å². The van der Waals surface area contributed by atoms with Crippen LogP contribution in [0.1, 0.15) is 46.5 Å². The fraction of sp³-hybridized carbons (Fsp3) is 0.929. The van der Waals surface area contributed by atoms with Crippen molar-refractivity contribution in [2.75, 3.05) is 19.7 Å². The highest BCUT2D eigenvalue weighted by molar-refractivity contribution is 4.91. The summed E-state index contributed by atoms with van der Waals surface area (Å²) in [6, 6.07) is 2.70. The largest absolute Gasteiger partial charge is 0.395 e. The zero-order chi connectivity index (χ0) is 12.9. The monoisotopic (exact) mass is 238 g/mol. The summed E-state index contributed by atoms with van der Waals surface area (Å²) >= 11 is 0. The van der Waals surface area contributed by atoms with Crippen LogP contribution in [-0.2, 0) is 0 Å². The first-order valence-corrected chi connectivity index (χ1v) is 6.76. The Morgan fingerprint density at radius 2 is 2.12 bits per heavy atom. The maximum absolute atomic E-state index is 9.35. The molecule has 1 aliphatic rings. The first-order valence-electron chi connectivity index (χ1n) is 6.76. The van der Waals surface area contributed by atoms with Gasteiger partial charge in [0, 0.05) is 6.04 Å². The number of aliphatic hydroxyl groups is 1. The van der Waals surface area contributed by atoms with Crippen molar-refractivity contribution in [2.45, 2.75) is 52.5 Å². The van der Waals surface area contributed by atoms with E-state index in [1.165, 1.54) is 6.42 Å². The van der Waals surface area contributed by atoms with Gasteiger partial charge in [-0.25, -0.2) is 0 Å². The molecule has 0 bridgehead atoms. The van der Waals surface area contributed by atoms with Crippen LogP contribution in [0.3, 0.4) is 0 Å². The summed E-state index contributed by atoms with van der Waals surface area (Å²) in [6.07, 6.45) is 4.41. The summed E-state index contributed by atoms with van der Waals surface area (Å²) in [7, 11) is 0. The number of hydrogen-bond donors (Lipinski definition) is 1. The van der Waals surface area contributed by atoms with Gasteiger partial charge >= 0.3 is 0 Å². The Kier molecular flexibility index (Phi) is 5.42. The van der Waals surface area contributed by atoms with E-state index in [0.717, 1.165) is 32.4 Å². The molecule has 1 heterocycles. The first-order chi connectivity index (χ1) is 8.00. The van der Waals surface area contributed by atoms with Crippen molar-refractivity contribution in [3.8, 4) is 6.07 Å². The minimum atomic E-state index is -0.186. The van der Waals surface area contributed by atoms with E-state index in [1.807, 2.05) is 13.8 Å². The standard InChI is InChI=1S/C14H26N2O/c1-12-6-9-16(13(12)10-17)8-5-4-7-14(2,3)11-15/h12-13,17H,4-10H2,1-3H3. The van der Waals surface area contributed by atoms with Crippen molar-refractivity contribution in [3.63, 3.8) is 0 Å². The molecule has 98 valence electrons. The quantitative estimate of drug-likeness (QED) is 0.723. The van der Waals surface area contributed by atoms with E-state index in [0.29, 0.717) is 12.0 Å². The fourth-order valence-electron chi connectivity index (χ4n) is 2.60. The Hall–Kier alpha value is -0.590. The normalized spacial score (nSPS) is 26.1. The third kappa shape index (κ3) is 4.29. The third-order valence-electron chi connectivity index (χ3n) is 3.98. The Balaban J connectivity index is 2.21. The molecule has 0 aromatic rings. The highest BCUT2D eigenvalue weighted by Gasteiger charge is 2.29. The molecule has 1 aliphatic heterocycles. The Morgan fingerprint density at radius 1 is 1.41 bits per heavy atom. The van der Waals surface area contributed by atoms with Crippen LogP contribution in [0.2, 0.25) is 0 Å². The molecule has 0 aromatic heterocycles. The molecule has 1 N–H and O–H groups in total. The maximum atomic E-state index is 9.35. The number of hydrogen-bond acceptors (Lipinski definition) is 3. The SMILES string of the molecule is CC1CCN(CCCCC(C)(C)C#N)C1CO. The molecule has 0 aromatic carbocycles. The molecule has 3 nitrogen and oxygen atoms in total. The van der Waals surface area contributed by atoms with Gasteiger partial charge in [-0.05, 0) is 52.1 Å². The van der Waals surface area contributed by atoms with Crippen LogP contribution in [-0.4, -0.2) is 35.7 Å². The lowest BCUT2D eigenvalue weighted by molar-refractivity contribution is 0.137. The smallest absolute Gasteiger partial charge is 0.0683 e. The van der Waals surface area contributed by atoms with Crippen molar-refractivity contribution < 1.29 is 5.11 Å². The second-order valence-electron chi connectivity index (χ2n) is 6.00. The second-order valence-corrected chi connectivity index (χ2v) is 6.00. The lowest BCUT2D eigenvalue weighted by atomic mass is 9.89. The Morgan fingerprint density at radius 3 is 2.71 bits per heavy atom. The molecule has 1 fully saturated rings. The molecule has 2 atom stereocenters. The average molecular weight is 238 g/mol. The summed E-state index contributed by atoms with van der Waals surface area (Å²) in [6.45, 7) is 8.69. The van der Waals surface area contributed by atoms with Gasteiger partial charge in [0.1, 0.15) is 0 Å². The van der Waals surface area contributed by atoms with Crippen molar-refractivity contribution in [2.24, 2.45) is 11.3 Å². The highest BCUT2D eigenvalue weighted by atomic mass is 16.3. The molecule has 0 aliphatic carbocycles. The van der Waals surface area contributed by atoms with Gasteiger partial charge in [0.05, 0.1) is 18.1 Å². The molecule has 1 saturated heterocycles. The average Bonchev–Trinajstić information content (AvgIpc) is 2.65. The van der Waals surface area contributed by atoms with E-state index in [4.69, 9.17) is 5.26 Å². The molecule has 17 heavy (non-hydrogen) atoms. The maximum Gasteiger partial charge on any atom is 0.0683 e. The highest BCUT2D eigenvalue weighted by Crippen LogP contribution is 2.25. The lowest BCUT2D eigenvalue weighted by Crippen LogP contribution is -2.35. The number of likely N-dealkylation sites (tertiary alicyclic amines) is 1. The summed E-state index contributed by atoms with van der Waals surface area (Å²) in [5.41, 5.74) is -0.186. The van der Waals surface area contributed by atoms with Crippen LogP contribution >= 0.6 is 0 Å². The van der Waals surface area contributed by atoms with Crippen LogP contribution in [0.4, 0.5) is 0 Å². The molecule has 0 radical (unpaired) electrons. The number of aliphatic hydroxyl groups excluding tert-OH is 1. The molecule has 2 unspecified atom stereocenters. The number of rotatable bonds is 6. The van der Waals surface area contributed by atoms with Crippen LogP contribution < -0.4 is 0 Å². The van der Waals surface area contributed by atoms with E-state index >= 15 is 0 Å². The molecule has 1 rings (SSSR count). The number of nitriles is 1. The van der Waals surface area contributed by atoms with E-state index in [2.05, 4.69) is 17.9 Å². The van der Waals surface area contributed by atoms with Crippen molar-refractivity contribution in [1.29, 1.82) is 5.26 Å². The van der Waals surface area contributed by atoms with Crippen molar-refractivity contribution in [3.05, 3.63) is 0 Å². The minimum absolute atomic E-state index is 0.186. The van der Waals surface area contributed by atoms with Gasteiger partial charge < -0.3 is 5.11 Å². The van der Waals surface area contributed by atoms with Gasteiger partial charge in [0.25, 0.3) is 0 Å². The van der Waals surface area contributed by atoms with Gasteiger partial charge in [-0.3, -0.25) is 4.90 Å². The Labute approximate surface area is 105 Å². The predicted octanol–water partition coefficient (Wildman–Crippen LogP) is 2.41. The van der Waals surface area contributed by atoms with Crippen LogP contribution in [0.25, 0.3) is 0 Å². The first kappa shape index (κ1) is 14.5. The van der Waals surface area contributed by atoms with Crippen molar-refractivity contribution in [1.82, 2.24) is 4.90 Å². The van der Waals surface area contributed by atoms with E-state index in [1.54, 1.807) is 0 Å². The van der Waals surface area contributed by atoms with Gasteiger partial charge in [-0.15, -0.1) is 0 Å². The number of nitrogens with zero attached hydrogens (tertiary/aromatic N) is 2. The number of unbranched alkanes of at least 4 members (excludes halogenated alkanes) is 1. The van der Waals surface area contributed by atoms with Gasteiger partial charge in [0.2, 0.25) is 0 Å². The topological polar surface area (TPSA) is 47.3 Å². The minimum Gasteiger partial charge on any atom is -0.395 e. The van der Waals surface area contributed by atoms with Gasteiger partial charge in [-0.2, -0.15) is 5.26 Å². The van der Waals surface area contributed by atoms with Crippen molar-refractivity contribution >= 4 is 0 Å². The third-order valence-corrected chi connectivity index (χ3v) is 3.98. The molecule has 3 heteroatoms. The van der Waals surface area contributed by atoms with Crippen LogP contribution in [0, 0.1) is 22.7 Å². The summed E-state index contributed by atoms with van der Waals surface area (Å²) in [5.74, 6) is 0.621. The van der Waals surface area contributed by atoms with Gasteiger partial charge in [0.15, 0.2) is 0 Å². The lowest BCUT2D eigenvalue weighted by Gasteiger charge is -2.25. The predicted molar refractivity (Wildman–Crippen MR) is 69.5 cm³/mol. The Bertz CT molecular complexity index is 270.